The summed E-state index contributed by atoms with van der Waals surface area (Å²) in [6, 6.07) is 27.4. The molecule has 0 radical (unpaired) electrons. The summed E-state index contributed by atoms with van der Waals surface area (Å²) in [5.41, 5.74) is 13.4. The van der Waals surface area contributed by atoms with Crippen LogP contribution in [0.15, 0.2) is 108 Å². The van der Waals surface area contributed by atoms with Crippen molar-refractivity contribution >= 4 is 17.9 Å². The largest absolute Gasteiger partial charge is 0.469 e. The molecule has 206 valence electrons. The third-order valence-electron chi connectivity index (χ3n) is 7.34. The number of carbonyl (C=O) groups excluding carboxylic acids is 1. The predicted molar refractivity (Wildman–Crippen MR) is 165 cm³/mol. The van der Waals surface area contributed by atoms with Crippen LogP contribution in [0.2, 0.25) is 0 Å². The maximum absolute atomic E-state index is 12.9. The van der Waals surface area contributed by atoms with Crippen molar-refractivity contribution in [1.29, 1.82) is 5.41 Å². The molecule has 0 amide bonds. The molecule has 0 aliphatic heterocycles. The van der Waals surface area contributed by atoms with Crippen LogP contribution < -0.4 is 11.1 Å². The lowest BCUT2D eigenvalue weighted by Gasteiger charge is -2.24. The highest BCUT2D eigenvalue weighted by atomic mass is 16.5. The molecular formula is C35H39N3O2. The second kappa shape index (κ2) is 14.2. The van der Waals surface area contributed by atoms with Crippen LogP contribution in [-0.4, -0.2) is 25.5 Å². The molecule has 4 rings (SSSR count). The number of benzene rings is 3. The van der Waals surface area contributed by atoms with Gasteiger partial charge in [-0.2, -0.15) is 0 Å². The van der Waals surface area contributed by atoms with Crippen molar-refractivity contribution < 1.29 is 9.53 Å². The second-order valence-electron chi connectivity index (χ2n) is 10.4. The molecule has 1 aliphatic carbocycles. The minimum Gasteiger partial charge on any atom is -0.469 e. The van der Waals surface area contributed by atoms with Crippen LogP contribution in [0.4, 0.5) is 0 Å². The van der Waals surface area contributed by atoms with Crippen molar-refractivity contribution in [3.05, 3.63) is 125 Å². The van der Waals surface area contributed by atoms with Crippen molar-refractivity contribution in [3.63, 3.8) is 0 Å². The summed E-state index contributed by atoms with van der Waals surface area (Å²) in [6.45, 7) is 3.53. The summed E-state index contributed by atoms with van der Waals surface area (Å²) in [7, 11) is 1.43. The Morgan fingerprint density at radius 3 is 2.35 bits per heavy atom. The van der Waals surface area contributed by atoms with Crippen LogP contribution in [0.25, 0.3) is 17.2 Å². The number of allylic oxidation sites excluding steroid dienone is 2. The maximum Gasteiger partial charge on any atom is 0.313 e. The number of aryl methyl sites for hydroxylation is 1. The van der Waals surface area contributed by atoms with E-state index in [1.165, 1.54) is 29.4 Å². The van der Waals surface area contributed by atoms with E-state index in [0.29, 0.717) is 19.4 Å². The Balaban J connectivity index is 1.47. The fraction of sp³-hybridized carbons (Fsp3) is 0.257. The molecule has 1 unspecified atom stereocenters. The second-order valence-corrected chi connectivity index (χ2v) is 10.4. The lowest BCUT2D eigenvalue weighted by Crippen LogP contribution is -2.28. The Kier molecular flexibility index (Phi) is 10.3. The van der Waals surface area contributed by atoms with E-state index in [-0.39, 0.29) is 17.7 Å². The van der Waals surface area contributed by atoms with Gasteiger partial charge in [-0.15, -0.1) is 0 Å². The molecule has 0 saturated heterocycles. The van der Waals surface area contributed by atoms with Gasteiger partial charge < -0.3 is 15.8 Å². The van der Waals surface area contributed by atoms with Gasteiger partial charge in [0.05, 0.1) is 13.0 Å². The van der Waals surface area contributed by atoms with E-state index in [1.807, 2.05) is 24.3 Å². The Morgan fingerprint density at radius 2 is 1.70 bits per heavy atom. The van der Waals surface area contributed by atoms with Crippen LogP contribution in [0.1, 0.15) is 36.0 Å². The summed E-state index contributed by atoms with van der Waals surface area (Å²) in [5, 5.41) is 11.5. The van der Waals surface area contributed by atoms with Crippen LogP contribution in [-0.2, 0) is 16.1 Å². The zero-order valence-corrected chi connectivity index (χ0v) is 23.4. The number of amidine groups is 1. The number of nitrogens with one attached hydrogen (secondary N) is 2. The molecule has 5 heteroatoms. The normalized spacial score (nSPS) is 14.8. The third-order valence-corrected chi connectivity index (χ3v) is 7.34. The minimum absolute atomic E-state index is 0.0600. The van der Waals surface area contributed by atoms with Crippen molar-refractivity contribution in [3.8, 4) is 11.1 Å². The quantitative estimate of drug-likeness (QED) is 0.135. The number of hydrogen-bond donors (Lipinski definition) is 3. The van der Waals surface area contributed by atoms with Crippen LogP contribution in [0, 0.1) is 24.2 Å². The number of methoxy groups -OCH3 is 1. The lowest BCUT2D eigenvalue weighted by molar-refractivity contribution is -0.144. The minimum atomic E-state index is -0.430. The highest BCUT2D eigenvalue weighted by Crippen LogP contribution is 2.29. The summed E-state index contributed by atoms with van der Waals surface area (Å²) in [5.74, 6) is -0.560. The summed E-state index contributed by atoms with van der Waals surface area (Å²) < 4.78 is 5.21. The van der Waals surface area contributed by atoms with Crippen molar-refractivity contribution in [2.45, 2.75) is 32.7 Å². The van der Waals surface area contributed by atoms with Crippen LogP contribution >= 0.6 is 0 Å². The van der Waals surface area contributed by atoms with E-state index < -0.39 is 5.92 Å². The van der Waals surface area contributed by atoms with Gasteiger partial charge in [0.1, 0.15) is 5.84 Å². The predicted octanol–water partition coefficient (Wildman–Crippen LogP) is 6.84. The summed E-state index contributed by atoms with van der Waals surface area (Å²) in [6.07, 6.45) is 10.3. The highest BCUT2D eigenvalue weighted by molar-refractivity contribution is 5.95. The van der Waals surface area contributed by atoms with Gasteiger partial charge in [-0.1, -0.05) is 109 Å². The first-order valence-electron chi connectivity index (χ1n) is 13.9. The van der Waals surface area contributed by atoms with E-state index >= 15 is 0 Å². The van der Waals surface area contributed by atoms with E-state index in [9.17, 15) is 4.79 Å². The number of ether oxygens (including phenoxy) is 1. The van der Waals surface area contributed by atoms with E-state index in [2.05, 4.69) is 91.1 Å². The zero-order chi connectivity index (χ0) is 28.3. The monoisotopic (exact) mass is 533 g/mol. The van der Waals surface area contributed by atoms with Gasteiger partial charge in [0.25, 0.3) is 0 Å². The molecule has 3 aromatic carbocycles. The molecule has 2 atom stereocenters. The molecule has 3 aromatic rings. The average molecular weight is 534 g/mol. The fourth-order valence-corrected chi connectivity index (χ4v) is 5.00. The lowest BCUT2D eigenvalue weighted by atomic mass is 9.84. The number of esters is 1. The van der Waals surface area contributed by atoms with Gasteiger partial charge in [-0.25, -0.2) is 0 Å². The number of carbonyl (C=O) groups is 1. The molecule has 0 fully saturated rings. The molecule has 0 bridgehead atoms. The molecule has 5 nitrogen and oxygen atoms in total. The van der Waals surface area contributed by atoms with Crippen molar-refractivity contribution in [2.75, 3.05) is 13.7 Å². The van der Waals surface area contributed by atoms with Gasteiger partial charge in [-0.05, 0) is 65.5 Å². The first kappa shape index (κ1) is 28.8. The molecule has 40 heavy (non-hydrogen) atoms. The SMILES string of the molecule is COC(=O)[C@H](CC(/C=C/c1ccccc1)CNCc1ccc(-c2ccc(C)cc2)cc1)C1=CCCC(C(=N)N)=C1. The summed E-state index contributed by atoms with van der Waals surface area (Å²) >= 11 is 0. The third kappa shape index (κ3) is 8.14. The zero-order valence-electron chi connectivity index (χ0n) is 23.4. The number of rotatable bonds is 12. The maximum atomic E-state index is 12.9. The van der Waals surface area contributed by atoms with E-state index in [4.69, 9.17) is 15.9 Å². The smallest absolute Gasteiger partial charge is 0.313 e. The molecular weight excluding hydrogens is 494 g/mol. The standard InChI is InChI=1S/C35H39N3O2/c1-25-11-17-29(18-12-25)30-19-15-27(16-20-30)23-38-24-28(14-13-26-7-4-3-5-8-26)21-33(35(39)40-2)31-9-6-10-32(22-31)34(36)37/h3-5,7-9,11-20,22,28,33,38H,6,10,21,23-24H2,1-2H3,(H3,36,37)/b14-13+/t28?,33-/m1/s1. The molecule has 0 aromatic heterocycles. The number of nitrogens with two attached hydrogens (primary N) is 1. The Bertz CT molecular complexity index is 1370. The highest BCUT2D eigenvalue weighted by Gasteiger charge is 2.27. The molecule has 0 spiro atoms. The molecule has 0 saturated carbocycles. The van der Waals surface area contributed by atoms with Gasteiger partial charge in [-0.3, -0.25) is 10.2 Å². The summed E-state index contributed by atoms with van der Waals surface area (Å²) in [4.78, 5) is 12.9. The molecule has 0 heterocycles. The number of hydrogen-bond acceptors (Lipinski definition) is 4. The fourth-order valence-electron chi connectivity index (χ4n) is 5.00. The van der Waals surface area contributed by atoms with Crippen LogP contribution in [0.3, 0.4) is 0 Å². The van der Waals surface area contributed by atoms with Gasteiger partial charge >= 0.3 is 5.97 Å². The van der Waals surface area contributed by atoms with Gasteiger partial charge in [0, 0.05) is 13.1 Å². The van der Waals surface area contributed by atoms with Crippen molar-refractivity contribution in [1.82, 2.24) is 5.32 Å². The first-order valence-corrected chi connectivity index (χ1v) is 13.9. The molecule has 1 aliphatic rings. The Hall–Kier alpha value is -4.22. The van der Waals surface area contributed by atoms with Gasteiger partial charge in [0.15, 0.2) is 0 Å². The van der Waals surface area contributed by atoms with Gasteiger partial charge in [0.2, 0.25) is 0 Å². The topological polar surface area (TPSA) is 88.2 Å². The average Bonchev–Trinajstić information content (AvgIpc) is 2.99. The van der Waals surface area contributed by atoms with Crippen LogP contribution in [0.5, 0.6) is 0 Å². The van der Waals surface area contributed by atoms with Crippen molar-refractivity contribution in [2.24, 2.45) is 17.6 Å². The Labute approximate surface area is 238 Å². The first-order chi connectivity index (χ1) is 19.4. The van der Waals surface area contributed by atoms with E-state index in [1.54, 1.807) is 0 Å². The Morgan fingerprint density at radius 1 is 1.02 bits per heavy atom. The molecule has 4 N–H and O–H groups in total. The van der Waals surface area contributed by atoms with E-state index in [0.717, 1.165) is 29.7 Å².